The molecule has 3 N–H and O–H groups in total. The SMILES string of the molecule is O=C(Cc1cc(=O)oc2cc(O)ccc12)NC(C(=O)O)c1ccccc1. The summed E-state index contributed by atoms with van der Waals surface area (Å²) in [4.78, 5) is 35.5. The van der Waals surface area contributed by atoms with E-state index in [0.29, 0.717) is 16.5 Å². The summed E-state index contributed by atoms with van der Waals surface area (Å²) in [6.07, 6.45) is -0.205. The summed E-state index contributed by atoms with van der Waals surface area (Å²) in [5.41, 5.74) is 0.309. The van der Waals surface area contributed by atoms with Gasteiger partial charge in [0.05, 0.1) is 6.42 Å². The summed E-state index contributed by atoms with van der Waals surface area (Å²) >= 11 is 0. The number of benzene rings is 2. The molecule has 0 aliphatic heterocycles. The highest BCUT2D eigenvalue weighted by atomic mass is 16.4. The first kappa shape index (κ1) is 17.2. The first-order valence-corrected chi connectivity index (χ1v) is 7.77. The van der Waals surface area contributed by atoms with Gasteiger partial charge >= 0.3 is 11.6 Å². The Morgan fingerprint density at radius 2 is 1.81 bits per heavy atom. The van der Waals surface area contributed by atoms with Gasteiger partial charge in [0.2, 0.25) is 5.91 Å². The Morgan fingerprint density at radius 1 is 1.08 bits per heavy atom. The molecule has 3 aromatic rings. The van der Waals surface area contributed by atoms with Crippen LogP contribution in [0.1, 0.15) is 17.2 Å². The maximum atomic E-state index is 12.4. The Kier molecular flexibility index (Phi) is 4.70. The monoisotopic (exact) mass is 353 g/mol. The average Bonchev–Trinajstić information content (AvgIpc) is 2.59. The van der Waals surface area contributed by atoms with E-state index in [1.807, 2.05) is 0 Å². The van der Waals surface area contributed by atoms with Crippen molar-refractivity contribution in [2.45, 2.75) is 12.5 Å². The van der Waals surface area contributed by atoms with Gasteiger partial charge in [-0.3, -0.25) is 4.79 Å². The minimum atomic E-state index is -1.20. The molecule has 7 nitrogen and oxygen atoms in total. The summed E-state index contributed by atoms with van der Waals surface area (Å²) in [5, 5.41) is 21.8. The quantitative estimate of drug-likeness (QED) is 0.604. The van der Waals surface area contributed by atoms with Gasteiger partial charge < -0.3 is 19.9 Å². The number of rotatable bonds is 5. The van der Waals surface area contributed by atoms with Crippen LogP contribution in [0.15, 0.2) is 63.8 Å². The lowest BCUT2D eigenvalue weighted by atomic mass is 10.0. The van der Waals surface area contributed by atoms with Gasteiger partial charge in [-0.25, -0.2) is 9.59 Å². The number of fused-ring (bicyclic) bond motifs is 1. The predicted octanol–water partition coefficient (Wildman–Crippen LogP) is 1.98. The fourth-order valence-electron chi connectivity index (χ4n) is 2.68. The van der Waals surface area contributed by atoms with E-state index >= 15 is 0 Å². The normalized spacial score (nSPS) is 11.8. The van der Waals surface area contributed by atoms with E-state index in [1.165, 1.54) is 24.3 Å². The number of phenols is 1. The number of aromatic hydroxyl groups is 1. The molecule has 1 atom stereocenters. The molecule has 1 amide bonds. The van der Waals surface area contributed by atoms with E-state index in [-0.39, 0.29) is 17.8 Å². The van der Waals surface area contributed by atoms with Gasteiger partial charge in [-0.15, -0.1) is 0 Å². The van der Waals surface area contributed by atoms with Crippen LogP contribution < -0.4 is 10.9 Å². The lowest BCUT2D eigenvalue weighted by molar-refractivity contribution is -0.141. The van der Waals surface area contributed by atoms with Gasteiger partial charge in [-0.2, -0.15) is 0 Å². The lowest BCUT2D eigenvalue weighted by Crippen LogP contribution is -2.34. The first-order chi connectivity index (χ1) is 12.4. The highest BCUT2D eigenvalue weighted by molar-refractivity contribution is 5.90. The number of nitrogens with one attached hydrogen (secondary N) is 1. The molecular weight excluding hydrogens is 338 g/mol. The molecule has 0 fully saturated rings. The van der Waals surface area contributed by atoms with Crippen LogP contribution >= 0.6 is 0 Å². The third-order valence-corrected chi connectivity index (χ3v) is 3.85. The number of aliphatic carboxylic acids is 1. The van der Waals surface area contributed by atoms with Crippen molar-refractivity contribution in [2.75, 3.05) is 0 Å². The zero-order chi connectivity index (χ0) is 18.7. The summed E-state index contributed by atoms with van der Waals surface area (Å²) in [6, 6.07) is 12.5. The number of amides is 1. The largest absolute Gasteiger partial charge is 0.508 e. The average molecular weight is 353 g/mol. The van der Waals surface area contributed by atoms with Crippen molar-refractivity contribution in [1.29, 1.82) is 0 Å². The van der Waals surface area contributed by atoms with Crippen molar-refractivity contribution in [3.05, 3.63) is 76.1 Å². The first-order valence-electron chi connectivity index (χ1n) is 7.77. The Balaban J connectivity index is 1.87. The minimum Gasteiger partial charge on any atom is -0.508 e. The van der Waals surface area contributed by atoms with Crippen molar-refractivity contribution in [1.82, 2.24) is 5.32 Å². The number of hydrogen-bond acceptors (Lipinski definition) is 5. The van der Waals surface area contributed by atoms with Crippen molar-refractivity contribution >= 4 is 22.8 Å². The van der Waals surface area contributed by atoms with Crippen LogP contribution in [-0.2, 0) is 16.0 Å². The molecule has 132 valence electrons. The molecule has 2 aromatic carbocycles. The van der Waals surface area contributed by atoms with Gasteiger partial charge in [0.15, 0.2) is 6.04 Å². The maximum Gasteiger partial charge on any atom is 0.336 e. The summed E-state index contributed by atoms with van der Waals surface area (Å²) in [7, 11) is 0. The van der Waals surface area contributed by atoms with Crippen LogP contribution in [0, 0.1) is 0 Å². The lowest BCUT2D eigenvalue weighted by Gasteiger charge is -2.15. The molecule has 0 aliphatic rings. The zero-order valence-electron chi connectivity index (χ0n) is 13.5. The second-order valence-corrected chi connectivity index (χ2v) is 5.70. The second kappa shape index (κ2) is 7.10. The third kappa shape index (κ3) is 3.72. The molecule has 1 unspecified atom stereocenters. The fraction of sp³-hybridized carbons (Fsp3) is 0.105. The number of phenolic OH excluding ortho intramolecular Hbond substituents is 1. The van der Waals surface area contributed by atoms with Gasteiger partial charge in [-0.05, 0) is 23.3 Å². The highest BCUT2D eigenvalue weighted by Crippen LogP contribution is 2.22. The number of carboxylic acids is 1. The summed E-state index contributed by atoms with van der Waals surface area (Å²) in [6.45, 7) is 0. The smallest absolute Gasteiger partial charge is 0.336 e. The van der Waals surface area contributed by atoms with Crippen molar-refractivity contribution in [3.8, 4) is 5.75 Å². The van der Waals surface area contributed by atoms with Crippen LogP contribution in [0.3, 0.4) is 0 Å². The van der Waals surface area contributed by atoms with E-state index < -0.39 is 23.5 Å². The van der Waals surface area contributed by atoms with Gasteiger partial charge in [0, 0.05) is 17.5 Å². The minimum absolute atomic E-state index is 0.0720. The standard InChI is InChI=1S/C19H15NO6/c21-13-6-7-14-12(9-17(23)26-15(14)10-13)8-16(22)20-18(19(24)25)11-4-2-1-3-5-11/h1-7,9-10,18,21H,8H2,(H,20,22)(H,24,25). The van der Waals surface area contributed by atoms with E-state index in [0.717, 1.165) is 0 Å². The number of carboxylic acid groups (broad SMARTS) is 1. The molecular formula is C19H15NO6. The molecule has 1 aromatic heterocycles. The van der Waals surface area contributed by atoms with Gasteiger partial charge in [0.25, 0.3) is 0 Å². The molecule has 1 heterocycles. The van der Waals surface area contributed by atoms with Gasteiger partial charge in [0.1, 0.15) is 11.3 Å². The maximum absolute atomic E-state index is 12.4. The molecule has 0 spiro atoms. The number of carbonyl (C=O) groups excluding carboxylic acids is 1. The Bertz CT molecular complexity index is 1030. The second-order valence-electron chi connectivity index (χ2n) is 5.70. The Labute approximate surface area is 147 Å². The molecule has 0 aliphatic carbocycles. The van der Waals surface area contributed by atoms with E-state index in [1.54, 1.807) is 30.3 Å². The van der Waals surface area contributed by atoms with Crippen molar-refractivity contribution in [3.63, 3.8) is 0 Å². The molecule has 0 radical (unpaired) electrons. The Morgan fingerprint density at radius 3 is 2.50 bits per heavy atom. The Hall–Kier alpha value is -3.61. The van der Waals surface area contributed by atoms with Crippen LogP contribution in [0.2, 0.25) is 0 Å². The summed E-state index contributed by atoms with van der Waals surface area (Å²) < 4.78 is 5.01. The van der Waals surface area contributed by atoms with Crippen LogP contribution in [-0.4, -0.2) is 22.1 Å². The highest BCUT2D eigenvalue weighted by Gasteiger charge is 2.22. The molecule has 0 saturated carbocycles. The third-order valence-electron chi connectivity index (χ3n) is 3.85. The van der Waals surface area contributed by atoms with E-state index in [2.05, 4.69) is 5.32 Å². The van der Waals surface area contributed by atoms with E-state index in [9.17, 15) is 24.6 Å². The molecule has 26 heavy (non-hydrogen) atoms. The van der Waals surface area contributed by atoms with Crippen molar-refractivity contribution in [2.24, 2.45) is 0 Å². The van der Waals surface area contributed by atoms with Crippen LogP contribution in [0.25, 0.3) is 11.0 Å². The predicted molar refractivity (Wildman–Crippen MR) is 92.8 cm³/mol. The van der Waals surface area contributed by atoms with E-state index in [4.69, 9.17) is 4.42 Å². The number of hydrogen-bond donors (Lipinski definition) is 3. The van der Waals surface area contributed by atoms with Crippen LogP contribution in [0.4, 0.5) is 0 Å². The van der Waals surface area contributed by atoms with Gasteiger partial charge in [-0.1, -0.05) is 30.3 Å². The molecule has 0 bridgehead atoms. The zero-order valence-corrected chi connectivity index (χ0v) is 13.5. The van der Waals surface area contributed by atoms with Crippen LogP contribution in [0.5, 0.6) is 5.75 Å². The molecule has 3 rings (SSSR count). The fourth-order valence-corrected chi connectivity index (χ4v) is 2.68. The number of carbonyl (C=O) groups is 2. The molecule has 7 heteroatoms. The molecule has 0 saturated heterocycles. The summed E-state index contributed by atoms with van der Waals surface area (Å²) in [5.74, 6) is -1.81. The van der Waals surface area contributed by atoms with Crippen molar-refractivity contribution < 1.29 is 24.2 Å². The topological polar surface area (TPSA) is 117 Å².